The Morgan fingerprint density at radius 3 is 2.78 bits per heavy atom. The molecule has 0 atom stereocenters. The summed E-state index contributed by atoms with van der Waals surface area (Å²) < 4.78 is 0. The van der Waals surface area contributed by atoms with Crippen molar-refractivity contribution in [2.24, 2.45) is 0 Å². The second kappa shape index (κ2) is 6.13. The van der Waals surface area contributed by atoms with Gasteiger partial charge in [0.05, 0.1) is 5.01 Å². The molecule has 3 rings (SSSR count). The maximum atomic E-state index is 4.68. The van der Waals surface area contributed by atoms with Crippen molar-refractivity contribution in [1.82, 2.24) is 15.2 Å². The summed E-state index contributed by atoms with van der Waals surface area (Å²) in [6.07, 6.45) is 9.07. The van der Waals surface area contributed by atoms with Crippen molar-refractivity contribution in [2.45, 2.75) is 44.6 Å². The van der Waals surface area contributed by atoms with Crippen LogP contribution in [0.15, 0.2) is 6.20 Å². The van der Waals surface area contributed by atoms with E-state index in [0.29, 0.717) is 0 Å². The molecule has 1 aliphatic carbocycles. The first kappa shape index (κ1) is 12.6. The topological polar surface area (TPSA) is 28.2 Å². The summed E-state index contributed by atoms with van der Waals surface area (Å²) in [4.78, 5) is 8.67. The van der Waals surface area contributed by atoms with Gasteiger partial charge in [0.1, 0.15) is 0 Å². The monoisotopic (exact) mass is 265 g/mol. The van der Waals surface area contributed by atoms with Crippen LogP contribution in [0.2, 0.25) is 0 Å². The van der Waals surface area contributed by atoms with Crippen LogP contribution in [0, 0.1) is 0 Å². The number of rotatable bonds is 3. The number of nitrogens with one attached hydrogen (secondary N) is 1. The zero-order chi connectivity index (χ0) is 12.2. The fourth-order valence-electron chi connectivity index (χ4n) is 3.02. The summed E-state index contributed by atoms with van der Waals surface area (Å²) in [6, 6.07) is 0. The van der Waals surface area contributed by atoms with E-state index in [1.54, 1.807) is 0 Å². The van der Waals surface area contributed by atoms with Crippen LogP contribution in [0.4, 0.5) is 0 Å². The van der Waals surface area contributed by atoms with Crippen molar-refractivity contribution < 1.29 is 0 Å². The summed E-state index contributed by atoms with van der Waals surface area (Å²) in [7, 11) is 0. The number of hydrogen-bond donors (Lipinski definition) is 1. The molecule has 0 spiro atoms. The van der Waals surface area contributed by atoms with E-state index in [2.05, 4.69) is 21.4 Å². The molecule has 1 aromatic heterocycles. The molecule has 4 heteroatoms. The van der Waals surface area contributed by atoms with Crippen LogP contribution in [0.3, 0.4) is 0 Å². The summed E-state index contributed by atoms with van der Waals surface area (Å²) in [5.74, 6) is 0.764. The first-order valence-corrected chi connectivity index (χ1v) is 8.11. The number of aromatic nitrogens is 1. The lowest BCUT2D eigenvalue weighted by Gasteiger charge is -2.26. The minimum atomic E-state index is 0.764. The summed E-state index contributed by atoms with van der Waals surface area (Å²) in [5.41, 5.74) is 0. The highest BCUT2D eigenvalue weighted by molar-refractivity contribution is 7.11. The third kappa shape index (κ3) is 3.11. The third-order valence-corrected chi connectivity index (χ3v) is 5.26. The standard InChI is InChI=1S/C14H23N3S/c1-2-4-12(5-3-1)14-16-10-13(18-14)11-17-8-6-15-7-9-17/h10,12,15H,1-9,11H2. The zero-order valence-electron chi connectivity index (χ0n) is 11.0. The highest BCUT2D eigenvalue weighted by Crippen LogP contribution is 2.34. The highest BCUT2D eigenvalue weighted by Gasteiger charge is 2.19. The lowest BCUT2D eigenvalue weighted by Crippen LogP contribution is -2.42. The fraction of sp³-hybridized carbons (Fsp3) is 0.786. The smallest absolute Gasteiger partial charge is 0.0959 e. The third-order valence-electron chi connectivity index (χ3n) is 4.11. The van der Waals surface area contributed by atoms with Gasteiger partial charge in [-0.05, 0) is 12.8 Å². The maximum absolute atomic E-state index is 4.68. The quantitative estimate of drug-likeness (QED) is 0.910. The van der Waals surface area contributed by atoms with Gasteiger partial charge in [0.2, 0.25) is 0 Å². The molecule has 0 bridgehead atoms. The molecule has 0 radical (unpaired) electrons. The van der Waals surface area contributed by atoms with Gasteiger partial charge in [-0.15, -0.1) is 11.3 Å². The van der Waals surface area contributed by atoms with Crippen LogP contribution in [-0.4, -0.2) is 36.1 Å². The number of hydrogen-bond acceptors (Lipinski definition) is 4. The molecule has 3 nitrogen and oxygen atoms in total. The molecule has 0 amide bonds. The van der Waals surface area contributed by atoms with Gasteiger partial charge in [-0.3, -0.25) is 4.90 Å². The van der Waals surface area contributed by atoms with Gasteiger partial charge in [0.25, 0.3) is 0 Å². The van der Waals surface area contributed by atoms with E-state index in [1.165, 1.54) is 55.1 Å². The van der Waals surface area contributed by atoms with Gasteiger partial charge >= 0.3 is 0 Å². The Hall–Kier alpha value is -0.450. The highest BCUT2D eigenvalue weighted by atomic mass is 32.1. The molecule has 1 aliphatic heterocycles. The molecule has 100 valence electrons. The molecule has 0 unspecified atom stereocenters. The van der Waals surface area contributed by atoms with Crippen molar-refractivity contribution in [1.29, 1.82) is 0 Å². The van der Waals surface area contributed by atoms with Crippen LogP contribution in [0.1, 0.15) is 47.9 Å². The maximum Gasteiger partial charge on any atom is 0.0959 e. The summed E-state index contributed by atoms with van der Waals surface area (Å²) in [6.45, 7) is 5.72. The van der Waals surface area contributed by atoms with Crippen LogP contribution >= 0.6 is 11.3 Å². The Bertz CT molecular complexity index is 365. The predicted molar refractivity (Wildman–Crippen MR) is 76.1 cm³/mol. The van der Waals surface area contributed by atoms with E-state index in [-0.39, 0.29) is 0 Å². The second-order valence-electron chi connectivity index (χ2n) is 5.53. The molecule has 1 N–H and O–H groups in total. The van der Waals surface area contributed by atoms with Gasteiger partial charge in [-0.25, -0.2) is 4.98 Å². The second-order valence-corrected chi connectivity index (χ2v) is 6.67. The first-order valence-electron chi connectivity index (χ1n) is 7.29. The van der Waals surface area contributed by atoms with Crippen LogP contribution < -0.4 is 5.32 Å². The lowest BCUT2D eigenvalue weighted by atomic mass is 9.90. The van der Waals surface area contributed by atoms with Crippen molar-refractivity contribution in [3.05, 3.63) is 16.1 Å². The van der Waals surface area contributed by atoms with Crippen molar-refractivity contribution >= 4 is 11.3 Å². The minimum absolute atomic E-state index is 0.764. The summed E-state index contributed by atoms with van der Waals surface area (Å²) in [5, 5.41) is 4.81. The van der Waals surface area contributed by atoms with E-state index < -0.39 is 0 Å². The van der Waals surface area contributed by atoms with Gasteiger partial charge in [0.15, 0.2) is 0 Å². The Morgan fingerprint density at radius 1 is 1.22 bits per heavy atom. The Balaban J connectivity index is 1.58. The van der Waals surface area contributed by atoms with E-state index in [1.807, 2.05) is 11.3 Å². The molecule has 1 aromatic rings. The Morgan fingerprint density at radius 2 is 2.00 bits per heavy atom. The molecule has 2 heterocycles. The molecule has 2 aliphatic rings. The Kier molecular flexibility index (Phi) is 4.28. The average Bonchev–Trinajstić information content (AvgIpc) is 2.89. The van der Waals surface area contributed by atoms with E-state index in [4.69, 9.17) is 0 Å². The predicted octanol–water partition coefficient (Wildman–Crippen LogP) is 2.60. The van der Waals surface area contributed by atoms with Crippen molar-refractivity contribution in [3.63, 3.8) is 0 Å². The fourth-order valence-corrected chi connectivity index (χ4v) is 4.15. The van der Waals surface area contributed by atoms with Crippen LogP contribution in [0.5, 0.6) is 0 Å². The average molecular weight is 265 g/mol. The normalized spacial score (nSPS) is 23.3. The number of nitrogens with zero attached hydrogens (tertiary/aromatic N) is 2. The van der Waals surface area contributed by atoms with Gasteiger partial charge < -0.3 is 5.32 Å². The molecular weight excluding hydrogens is 242 g/mol. The molecule has 0 aromatic carbocycles. The van der Waals surface area contributed by atoms with E-state index in [0.717, 1.165) is 25.6 Å². The SMILES string of the molecule is c1nc(C2CCCCC2)sc1CN1CCNCC1. The van der Waals surface area contributed by atoms with E-state index >= 15 is 0 Å². The van der Waals surface area contributed by atoms with Gasteiger partial charge in [-0.2, -0.15) is 0 Å². The molecule has 1 saturated carbocycles. The molecule has 18 heavy (non-hydrogen) atoms. The lowest BCUT2D eigenvalue weighted by molar-refractivity contribution is 0.235. The Labute approximate surface area is 114 Å². The zero-order valence-corrected chi connectivity index (χ0v) is 11.8. The van der Waals surface area contributed by atoms with Crippen LogP contribution in [-0.2, 0) is 6.54 Å². The minimum Gasteiger partial charge on any atom is -0.314 e. The molecular formula is C14H23N3S. The molecule has 1 saturated heterocycles. The first-order chi connectivity index (χ1) is 8.92. The van der Waals surface area contributed by atoms with Gasteiger partial charge in [0, 0.05) is 49.7 Å². The largest absolute Gasteiger partial charge is 0.314 e. The summed E-state index contributed by atoms with van der Waals surface area (Å²) >= 11 is 1.96. The number of piperazine rings is 1. The number of thiazole rings is 1. The van der Waals surface area contributed by atoms with E-state index in [9.17, 15) is 0 Å². The van der Waals surface area contributed by atoms with Crippen molar-refractivity contribution in [2.75, 3.05) is 26.2 Å². The van der Waals surface area contributed by atoms with Crippen molar-refractivity contribution in [3.8, 4) is 0 Å². The van der Waals surface area contributed by atoms with Crippen LogP contribution in [0.25, 0.3) is 0 Å². The van der Waals surface area contributed by atoms with Gasteiger partial charge in [-0.1, -0.05) is 19.3 Å². The molecule has 2 fully saturated rings.